The first-order valence-corrected chi connectivity index (χ1v) is 12.8. The van der Waals surface area contributed by atoms with Gasteiger partial charge < -0.3 is 4.74 Å². The number of hydrogen-bond acceptors (Lipinski definition) is 6. The summed E-state index contributed by atoms with van der Waals surface area (Å²) < 4.78 is 62.6. The Morgan fingerprint density at radius 1 is 1.09 bits per heavy atom. The molecule has 0 fully saturated rings. The Balaban J connectivity index is 1.82. The van der Waals surface area contributed by atoms with E-state index in [2.05, 4.69) is 0 Å². The SMILES string of the molecule is CCc1cc([N+](=O)[O-])c([P+](=O)OCCSc2ccccc2)cc1Oc1ccc(C(F)(F)F)cc1Cl. The van der Waals surface area contributed by atoms with E-state index in [4.69, 9.17) is 20.9 Å². The van der Waals surface area contributed by atoms with Gasteiger partial charge in [-0.05, 0) is 41.3 Å². The number of rotatable bonds is 10. The van der Waals surface area contributed by atoms with E-state index in [9.17, 15) is 27.9 Å². The van der Waals surface area contributed by atoms with E-state index in [1.165, 1.54) is 23.9 Å². The number of ether oxygens (including phenoxy) is 1. The number of benzene rings is 3. The van der Waals surface area contributed by atoms with Gasteiger partial charge in [-0.2, -0.15) is 13.2 Å². The highest BCUT2D eigenvalue weighted by atomic mass is 35.5. The normalized spacial score (nSPS) is 11.9. The zero-order valence-electron chi connectivity index (χ0n) is 18.3. The van der Waals surface area contributed by atoms with Crippen molar-refractivity contribution in [3.63, 3.8) is 0 Å². The molecule has 6 nitrogen and oxygen atoms in total. The molecule has 0 radical (unpaired) electrons. The summed E-state index contributed by atoms with van der Waals surface area (Å²) in [6.07, 6.45) is -4.27. The highest BCUT2D eigenvalue weighted by Gasteiger charge is 2.36. The van der Waals surface area contributed by atoms with Gasteiger partial charge in [0.15, 0.2) is 0 Å². The molecule has 0 spiro atoms. The molecule has 0 aliphatic rings. The van der Waals surface area contributed by atoms with E-state index < -0.39 is 30.4 Å². The van der Waals surface area contributed by atoms with Crippen LogP contribution in [0.25, 0.3) is 0 Å². The van der Waals surface area contributed by atoms with E-state index in [0.717, 1.165) is 23.1 Å². The monoisotopic (exact) mass is 544 g/mol. The van der Waals surface area contributed by atoms with Crippen LogP contribution in [-0.2, 0) is 21.7 Å². The molecular weight excluding hydrogens is 526 g/mol. The first-order valence-electron chi connectivity index (χ1n) is 10.2. The molecule has 35 heavy (non-hydrogen) atoms. The molecule has 0 saturated heterocycles. The topological polar surface area (TPSA) is 78.7 Å². The van der Waals surface area contributed by atoms with Crippen molar-refractivity contribution < 1.29 is 31.9 Å². The number of thioether (sulfide) groups is 1. The molecule has 3 aromatic rings. The second kappa shape index (κ2) is 11.9. The predicted molar refractivity (Wildman–Crippen MR) is 129 cm³/mol. The van der Waals surface area contributed by atoms with Crippen LogP contribution >= 0.6 is 31.4 Å². The number of alkyl halides is 3. The van der Waals surface area contributed by atoms with Gasteiger partial charge in [-0.3, -0.25) is 10.1 Å². The van der Waals surface area contributed by atoms with Crippen LogP contribution in [0.4, 0.5) is 18.9 Å². The van der Waals surface area contributed by atoms with Crippen molar-refractivity contribution in [2.45, 2.75) is 24.4 Å². The Hall–Kier alpha value is -2.65. The lowest BCUT2D eigenvalue weighted by Gasteiger charge is -2.13. The standard InChI is InChI=1S/C23H19ClF3NO5PS/c1-2-15-12-19(28(29)30)22(34(31)32-10-11-35-17-6-4-3-5-7-17)14-21(15)33-20-9-8-16(13-18(20)24)23(25,26)27/h3-9,12-14H,2,10-11H2,1H3/q+1. The van der Waals surface area contributed by atoms with Gasteiger partial charge in [0.25, 0.3) is 0 Å². The molecule has 0 aromatic heterocycles. The number of nitro groups is 1. The number of hydrogen-bond donors (Lipinski definition) is 0. The molecule has 0 aliphatic heterocycles. The fourth-order valence-corrected chi connectivity index (χ4v) is 5.06. The molecule has 184 valence electrons. The summed E-state index contributed by atoms with van der Waals surface area (Å²) >= 11 is 7.46. The van der Waals surface area contributed by atoms with Crippen LogP contribution < -0.4 is 10.0 Å². The summed E-state index contributed by atoms with van der Waals surface area (Å²) in [5.74, 6) is 0.473. The summed E-state index contributed by atoms with van der Waals surface area (Å²) in [5.41, 5.74) is -0.955. The van der Waals surface area contributed by atoms with Crippen molar-refractivity contribution in [3.8, 4) is 11.5 Å². The molecular formula is C23H19ClF3NO5PS+. The maximum absolute atomic E-state index is 12.9. The number of aryl methyl sites for hydroxylation is 1. The number of nitro benzene ring substituents is 1. The second-order valence-corrected chi connectivity index (χ2v) is 9.89. The average Bonchev–Trinajstić information content (AvgIpc) is 2.82. The predicted octanol–water partition coefficient (Wildman–Crippen LogP) is 7.80. The quantitative estimate of drug-likeness (QED) is 0.0852. The summed E-state index contributed by atoms with van der Waals surface area (Å²) in [6.45, 7) is 1.79. The van der Waals surface area contributed by atoms with Gasteiger partial charge in [0.1, 0.15) is 18.1 Å². The minimum Gasteiger partial charge on any atom is -0.455 e. The van der Waals surface area contributed by atoms with Gasteiger partial charge in [0.05, 0.1) is 15.5 Å². The third-order valence-corrected chi connectivity index (χ3v) is 7.16. The molecule has 1 atom stereocenters. The average molecular weight is 545 g/mol. The lowest BCUT2D eigenvalue weighted by molar-refractivity contribution is -0.383. The third-order valence-electron chi connectivity index (χ3n) is 4.71. The summed E-state index contributed by atoms with van der Waals surface area (Å²) in [4.78, 5) is 11.9. The van der Waals surface area contributed by atoms with Crippen molar-refractivity contribution in [1.82, 2.24) is 0 Å². The van der Waals surface area contributed by atoms with Crippen molar-refractivity contribution >= 4 is 42.4 Å². The Kier molecular flexibility index (Phi) is 9.13. The first-order chi connectivity index (χ1) is 16.6. The molecule has 3 aromatic carbocycles. The van der Waals surface area contributed by atoms with Gasteiger partial charge in [-0.25, -0.2) is 0 Å². The number of nitrogens with zero attached hydrogens (tertiary/aromatic N) is 1. The van der Waals surface area contributed by atoms with Gasteiger partial charge in [0, 0.05) is 28.3 Å². The van der Waals surface area contributed by atoms with Crippen molar-refractivity contribution in [2.24, 2.45) is 0 Å². The maximum Gasteiger partial charge on any atom is 0.556 e. The lowest BCUT2D eigenvalue weighted by Crippen LogP contribution is -2.10. The van der Waals surface area contributed by atoms with E-state index in [-0.39, 0.29) is 28.4 Å². The van der Waals surface area contributed by atoms with Crippen LogP contribution in [0.15, 0.2) is 65.6 Å². The largest absolute Gasteiger partial charge is 0.556 e. The highest BCUT2D eigenvalue weighted by molar-refractivity contribution is 7.99. The lowest BCUT2D eigenvalue weighted by atomic mass is 10.1. The molecule has 3 rings (SSSR count). The Morgan fingerprint density at radius 2 is 1.80 bits per heavy atom. The second-order valence-electron chi connectivity index (χ2n) is 7.06. The summed E-state index contributed by atoms with van der Waals surface area (Å²) in [5, 5.41) is 11.1. The van der Waals surface area contributed by atoms with Gasteiger partial charge in [0.2, 0.25) is 0 Å². The van der Waals surface area contributed by atoms with Gasteiger partial charge >= 0.3 is 25.2 Å². The molecule has 0 bridgehead atoms. The van der Waals surface area contributed by atoms with Crippen LogP contribution in [0.1, 0.15) is 18.1 Å². The molecule has 0 heterocycles. The van der Waals surface area contributed by atoms with Crippen LogP contribution in [-0.4, -0.2) is 17.3 Å². The van der Waals surface area contributed by atoms with Crippen LogP contribution in [0.5, 0.6) is 11.5 Å². The Bertz CT molecular complexity index is 1230. The molecule has 1 unspecified atom stereocenters. The minimum absolute atomic E-state index is 0.0718. The smallest absolute Gasteiger partial charge is 0.455 e. The first kappa shape index (κ1) is 26.9. The van der Waals surface area contributed by atoms with Gasteiger partial charge in [-0.15, -0.1) is 16.3 Å². The molecule has 0 N–H and O–H groups in total. The summed E-state index contributed by atoms with van der Waals surface area (Å²) in [6, 6.07) is 14.5. The minimum atomic E-state index is -4.58. The molecule has 12 heteroatoms. The zero-order valence-corrected chi connectivity index (χ0v) is 20.7. The van der Waals surface area contributed by atoms with Crippen molar-refractivity contribution in [2.75, 3.05) is 12.4 Å². The zero-order chi connectivity index (χ0) is 25.6. The van der Waals surface area contributed by atoms with Crippen molar-refractivity contribution in [1.29, 1.82) is 0 Å². The van der Waals surface area contributed by atoms with Crippen LogP contribution in [0.2, 0.25) is 5.02 Å². The van der Waals surface area contributed by atoms with Crippen LogP contribution in [0, 0.1) is 10.1 Å². The molecule has 0 amide bonds. The fourth-order valence-electron chi connectivity index (χ4n) is 3.01. The Labute approximate surface area is 209 Å². The van der Waals surface area contributed by atoms with Crippen LogP contribution in [0.3, 0.4) is 0 Å². The number of halogens is 4. The van der Waals surface area contributed by atoms with E-state index in [1.54, 1.807) is 6.92 Å². The summed E-state index contributed by atoms with van der Waals surface area (Å²) in [7, 11) is -2.61. The third kappa shape index (κ3) is 7.18. The van der Waals surface area contributed by atoms with Gasteiger partial charge in [-0.1, -0.05) is 36.7 Å². The van der Waals surface area contributed by atoms with E-state index in [1.807, 2.05) is 30.3 Å². The Morgan fingerprint density at radius 3 is 2.40 bits per heavy atom. The highest BCUT2D eigenvalue weighted by Crippen LogP contribution is 2.39. The molecule has 0 aliphatic carbocycles. The van der Waals surface area contributed by atoms with Crippen molar-refractivity contribution in [3.05, 3.63) is 86.9 Å². The fraction of sp³-hybridized carbons (Fsp3) is 0.217. The van der Waals surface area contributed by atoms with E-state index >= 15 is 0 Å². The molecule has 0 saturated carbocycles. The van der Waals surface area contributed by atoms with E-state index in [0.29, 0.717) is 17.7 Å². The maximum atomic E-state index is 12.9.